The molecule has 0 spiro atoms. The number of nitrogens with one attached hydrogen (secondary N) is 2. The van der Waals surface area contributed by atoms with Gasteiger partial charge in [0.15, 0.2) is 5.11 Å². The van der Waals surface area contributed by atoms with Gasteiger partial charge in [-0.05, 0) is 30.6 Å². The summed E-state index contributed by atoms with van der Waals surface area (Å²) >= 11 is 5.18. The van der Waals surface area contributed by atoms with Crippen molar-refractivity contribution in [2.45, 2.75) is 44.6 Å². The summed E-state index contributed by atoms with van der Waals surface area (Å²) in [4.78, 5) is 11.8. The molecule has 0 radical (unpaired) electrons. The zero-order valence-electron chi connectivity index (χ0n) is 11.0. The fraction of sp³-hybridized carbons (Fsp3) is 0.467. The van der Waals surface area contributed by atoms with Crippen molar-refractivity contribution in [3.8, 4) is 0 Å². The molecule has 2 rings (SSSR count). The highest BCUT2D eigenvalue weighted by Crippen LogP contribution is 2.17. The molecule has 0 unspecified atom stereocenters. The Labute approximate surface area is 119 Å². The van der Waals surface area contributed by atoms with E-state index in [1.807, 2.05) is 30.3 Å². The van der Waals surface area contributed by atoms with Gasteiger partial charge in [0.2, 0.25) is 5.91 Å². The summed E-state index contributed by atoms with van der Waals surface area (Å²) < 4.78 is 0. The summed E-state index contributed by atoms with van der Waals surface area (Å²) in [5.74, 6) is -0.0560. The average Bonchev–Trinajstić information content (AvgIpc) is 2.40. The Morgan fingerprint density at radius 2 is 1.84 bits per heavy atom. The van der Waals surface area contributed by atoms with Gasteiger partial charge in [0.1, 0.15) is 0 Å². The second kappa shape index (κ2) is 7.24. The minimum atomic E-state index is -0.0560. The van der Waals surface area contributed by atoms with E-state index in [1.165, 1.54) is 19.3 Å². The predicted octanol–water partition coefficient (Wildman–Crippen LogP) is 2.55. The summed E-state index contributed by atoms with van der Waals surface area (Å²) in [6, 6.07) is 10.1. The molecule has 1 aromatic carbocycles. The lowest BCUT2D eigenvalue weighted by atomic mass is 9.96. The van der Waals surface area contributed by atoms with Gasteiger partial charge in [0.25, 0.3) is 0 Å². The molecule has 1 amide bonds. The molecule has 19 heavy (non-hydrogen) atoms. The third-order valence-electron chi connectivity index (χ3n) is 3.40. The molecule has 0 saturated heterocycles. The number of hydrogen-bond acceptors (Lipinski definition) is 2. The zero-order valence-corrected chi connectivity index (χ0v) is 11.8. The summed E-state index contributed by atoms with van der Waals surface area (Å²) in [6.45, 7) is 0. The molecule has 0 bridgehead atoms. The van der Waals surface area contributed by atoms with E-state index in [1.54, 1.807) is 0 Å². The second-order valence-corrected chi connectivity index (χ2v) is 5.43. The van der Waals surface area contributed by atoms with Crippen molar-refractivity contribution >= 4 is 23.2 Å². The highest BCUT2D eigenvalue weighted by Gasteiger charge is 2.14. The zero-order chi connectivity index (χ0) is 13.5. The Balaban J connectivity index is 1.74. The molecule has 1 aliphatic rings. The first-order chi connectivity index (χ1) is 9.24. The molecule has 1 saturated carbocycles. The Morgan fingerprint density at radius 1 is 1.16 bits per heavy atom. The third kappa shape index (κ3) is 4.99. The maximum absolute atomic E-state index is 11.8. The number of thiocarbonyl (C=S) groups is 1. The molecule has 0 aliphatic heterocycles. The molecular weight excluding hydrogens is 256 g/mol. The summed E-state index contributed by atoms with van der Waals surface area (Å²) in [7, 11) is 0. The first kappa shape index (κ1) is 14.0. The van der Waals surface area contributed by atoms with Gasteiger partial charge < -0.3 is 10.6 Å². The van der Waals surface area contributed by atoms with Crippen molar-refractivity contribution in [1.29, 1.82) is 0 Å². The van der Waals surface area contributed by atoms with E-state index in [9.17, 15) is 4.79 Å². The van der Waals surface area contributed by atoms with Crippen molar-refractivity contribution in [3.05, 3.63) is 35.9 Å². The van der Waals surface area contributed by atoms with E-state index in [4.69, 9.17) is 12.2 Å². The molecular formula is C15H20N2OS. The van der Waals surface area contributed by atoms with Crippen LogP contribution in [0.3, 0.4) is 0 Å². The van der Waals surface area contributed by atoms with E-state index >= 15 is 0 Å². The van der Waals surface area contributed by atoms with Gasteiger partial charge in [-0.1, -0.05) is 49.6 Å². The quantitative estimate of drug-likeness (QED) is 0.834. The van der Waals surface area contributed by atoms with Crippen LogP contribution < -0.4 is 10.6 Å². The van der Waals surface area contributed by atoms with Crippen LogP contribution in [0.2, 0.25) is 0 Å². The van der Waals surface area contributed by atoms with Crippen molar-refractivity contribution in [1.82, 2.24) is 10.6 Å². The SMILES string of the molecule is O=C(Cc1ccccc1)NC(=S)NC1CCCCC1. The van der Waals surface area contributed by atoms with Crippen LogP contribution in [0.5, 0.6) is 0 Å². The normalized spacial score (nSPS) is 15.8. The first-order valence-corrected chi connectivity index (χ1v) is 7.29. The van der Waals surface area contributed by atoms with Gasteiger partial charge in [0, 0.05) is 6.04 Å². The van der Waals surface area contributed by atoms with Crippen molar-refractivity contribution in [2.24, 2.45) is 0 Å². The number of carbonyl (C=O) groups is 1. The van der Waals surface area contributed by atoms with Gasteiger partial charge in [-0.3, -0.25) is 4.79 Å². The summed E-state index contributed by atoms with van der Waals surface area (Å²) in [5.41, 5.74) is 1.00. The molecule has 0 atom stereocenters. The molecule has 0 aromatic heterocycles. The molecule has 0 heterocycles. The Morgan fingerprint density at radius 3 is 2.53 bits per heavy atom. The van der Waals surface area contributed by atoms with Crippen molar-refractivity contribution in [3.63, 3.8) is 0 Å². The minimum absolute atomic E-state index is 0.0560. The largest absolute Gasteiger partial charge is 0.360 e. The fourth-order valence-corrected chi connectivity index (χ4v) is 2.70. The Kier molecular flexibility index (Phi) is 5.33. The standard InChI is InChI=1S/C15H20N2OS/c18-14(11-12-7-3-1-4-8-12)17-15(19)16-13-9-5-2-6-10-13/h1,3-4,7-8,13H,2,5-6,9-11H2,(H2,16,17,18,19). The maximum atomic E-state index is 11.8. The number of benzene rings is 1. The molecule has 1 aromatic rings. The number of carbonyl (C=O) groups excluding carboxylic acids is 1. The van der Waals surface area contributed by atoms with Gasteiger partial charge in [-0.15, -0.1) is 0 Å². The fourth-order valence-electron chi connectivity index (χ4n) is 2.42. The lowest BCUT2D eigenvalue weighted by Crippen LogP contribution is -2.45. The van der Waals surface area contributed by atoms with E-state index < -0.39 is 0 Å². The average molecular weight is 276 g/mol. The van der Waals surface area contributed by atoms with Crippen molar-refractivity contribution in [2.75, 3.05) is 0 Å². The molecule has 1 fully saturated rings. The van der Waals surface area contributed by atoms with E-state index in [0.717, 1.165) is 18.4 Å². The van der Waals surface area contributed by atoms with Crippen molar-refractivity contribution < 1.29 is 4.79 Å². The summed E-state index contributed by atoms with van der Waals surface area (Å²) in [6.07, 6.45) is 6.47. The lowest BCUT2D eigenvalue weighted by Gasteiger charge is -2.24. The van der Waals surface area contributed by atoms with Gasteiger partial charge in [-0.2, -0.15) is 0 Å². The van der Waals surface area contributed by atoms with Crippen LogP contribution in [-0.2, 0) is 11.2 Å². The molecule has 102 valence electrons. The lowest BCUT2D eigenvalue weighted by molar-refractivity contribution is -0.119. The minimum Gasteiger partial charge on any atom is -0.360 e. The monoisotopic (exact) mass is 276 g/mol. The maximum Gasteiger partial charge on any atom is 0.230 e. The van der Waals surface area contributed by atoms with Gasteiger partial charge >= 0.3 is 0 Å². The second-order valence-electron chi connectivity index (χ2n) is 5.02. The molecule has 1 aliphatic carbocycles. The Bertz CT molecular complexity index is 427. The van der Waals surface area contributed by atoms with E-state index in [2.05, 4.69) is 10.6 Å². The van der Waals surface area contributed by atoms with Crippen LogP contribution in [0.4, 0.5) is 0 Å². The third-order valence-corrected chi connectivity index (χ3v) is 3.62. The van der Waals surface area contributed by atoms with Crippen LogP contribution in [0.25, 0.3) is 0 Å². The molecule has 4 heteroatoms. The van der Waals surface area contributed by atoms with E-state index in [-0.39, 0.29) is 5.91 Å². The van der Waals surface area contributed by atoms with Gasteiger partial charge in [0.05, 0.1) is 6.42 Å². The topological polar surface area (TPSA) is 41.1 Å². The number of amides is 1. The van der Waals surface area contributed by atoms with Crippen LogP contribution in [0.15, 0.2) is 30.3 Å². The van der Waals surface area contributed by atoms with Gasteiger partial charge in [-0.25, -0.2) is 0 Å². The number of rotatable bonds is 3. The van der Waals surface area contributed by atoms with Crippen LogP contribution in [-0.4, -0.2) is 17.1 Å². The van der Waals surface area contributed by atoms with E-state index in [0.29, 0.717) is 17.6 Å². The highest BCUT2D eigenvalue weighted by atomic mass is 32.1. The first-order valence-electron chi connectivity index (χ1n) is 6.88. The molecule has 3 nitrogen and oxygen atoms in total. The summed E-state index contributed by atoms with van der Waals surface area (Å²) in [5, 5.41) is 6.46. The van der Waals surface area contributed by atoms with Crippen LogP contribution in [0.1, 0.15) is 37.7 Å². The number of hydrogen-bond donors (Lipinski definition) is 2. The predicted molar refractivity (Wildman–Crippen MR) is 80.9 cm³/mol. The Hall–Kier alpha value is -1.42. The highest BCUT2D eigenvalue weighted by molar-refractivity contribution is 7.80. The van der Waals surface area contributed by atoms with Crippen LogP contribution in [0, 0.1) is 0 Å². The smallest absolute Gasteiger partial charge is 0.230 e. The van der Waals surface area contributed by atoms with Crippen LogP contribution >= 0.6 is 12.2 Å². The molecule has 2 N–H and O–H groups in total.